The maximum atomic E-state index is 11.7. The molecule has 6 heteroatoms. The molecule has 1 heterocycles. The van der Waals surface area contributed by atoms with Crippen molar-refractivity contribution in [2.75, 3.05) is 26.3 Å². The van der Waals surface area contributed by atoms with Crippen LogP contribution in [-0.2, 0) is 14.3 Å². The number of hydrogen-bond donors (Lipinski definition) is 2. The molecule has 2 amide bonds. The Kier molecular flexibility index (Phi) is 6.82. The first-order valence-corrected chi connectivity index (χ1v) is 9.18. The Morgan fingerprint density at radius 3 is 2.37 bits per heavy atom. The molecular weight excluding hydrogens is 344 g/mol. The Hall–Kier alpha value is -2.86. The summed E-state index contributed by atoms with van der Waals surface area (Å²) < 4.78 is 11.0. The van der Waals surface area contributed by atoms with E-state index in [1.54, 1.807) is 0 Å². The fourth-order valence-electron chi connectivity index (χ4n) is 2.88. The van der Waals surface area contributed by atoms with Crippen LogP contribution in [0.1, 0.15) is 12.8 Å². The molecule has 1 aliphatic heterocycles. The first-order valence-electron chi connectivity index (χ1n) is 9.18. The van der Waals surface area contributed by atoms with Crippen LogP contribution in [0.15, 0.2) is 54.6 Å². The third-order valence-electron chi connectivity index (χ3n) is 4.34. The lowest BCUT2D eigenvalue weighted by atomic mass is 10.1. The maximum Gasteiger partial charge on any atom is 0.309 e. The van der Waals surface area contributed by atoms with Gasteiger partial charge in [0.2, 0.25) is 0 Å². The second-order valence-electron chi connectivity index (χ2n) is 6.34. The van der Waals surface area contributed by atoms with Crippen molar-refractivity contribution in [3.05, 3.63) is 54.6 Å². The number of carbonyl (C=O) groups is 2. The number of hydrogen-bond acceptors (Lipinski definition) is 4. The largest absolute Gasteiger partial charge is 0.492 e. The first-order chi connectivity index (χ1) is 13.2. The van der Waals surface area contributed by atoms with E-state index in [0.717, 1.165) is 30.6 Å². The molecule has 1 atom stereocenters. The lowest BCUT2D eigenvalue weighted by Crippen LogP contribution is -2.43. The molecule has 1 aliphatic rings. The highest BCUT2D eigenvalue weighted by Crippen LogP contribution is 2.21. The molecule has 0 aliphatic carbocycles. The van der Waals surface area contributed by atoms with E-state index in [-0.39, 0.29) is 19.3 Å². The molecule has 0 radical (unpaired) electrons. The molecule has 2 aromatic rings. The molecule has 3 rings (SSSR count). The molecule has 2 aromatic carbocycles. The summed E-state index contributed by atoms with van der Waals surface area (Å²) >= 11 is 0. The molecule has 27 heavy (non-hydrogen) atoms. The van der Waals surface area contributed by atoms with E-state index in [1.165, 1.54) is 0 Å². The summed E-state index contributed by atoms with van der Waals surface area (Å²) in [4.78, 5) is 23.5. The molecule has 1 saturated heterocycles. The third kappa shape index (κ3) is 5.82. The average molecular weight is 368 g/mol. The number of ether oxygens (including phenoxy) is 2. The van der Waals surface area contributed by atoms with Crippen LogP contribution in [0.25, 0.3) is 11.1 Å². The zero-order chi connectivity index (χ0) is 18.9. The fraction of sp³-hybridized carbons (Fsp3) is 0.333. The van der Waals surface area contributed by atoms with Crippen molar-refractivity contribution >= 4 is 11.8 Å². The molecule has 0 saturated carbocycles. The van der Waals surface area contributed by atoms with Gasteiger partial charge in [-0.25, -0.2) is 0 Å². The SMILES string of the molecule is O=C(NCCOc1ccc(-c2ccccc2)cc1)C(=O)NC[C@@H]1CCCO1. The maximum absolute atomic E-state index is 11.7. The monoisotopic (exact) mass is 368 g/mol. The van der Waals surface area contributed by atoms with Gasteiger partial charge >= 0.3 is 11.8 Å². The summed E-state index contributed by atoms with van der Waals surface area (Å²) in [6, 6.07) is 17.8. The van der Waals surface area contributed by atoms with Crippen molar-refractivity contribution in [2.24, 2.45) is 0 Å². The number of benzene rings is 2. The van der Waals surface area contributed by atoms with Gasteiger partial charge in [-0.15, -0.1) is 0 Å². The van der Waals surface area contributed by atoms with Crippen LogP contribution in [0.2, 0.25) is 0 Å². The number of carbonyl (C=O) groups excluding carboxylic acids is 2. The zero-order valence-corrected chi connectivity index (χ0v) is 15.1. The van der Waals surface area contributed by atoms with Gasteiger partial charge in [-0.1, -0.05) is 42.5 Å². The van der Waals surface area contributed by atoms with Crippen LogP contribution < -0.4 is 15.4 Å². The van der Waals surface area contributed by atoms with Crippen LogP contribution in [0, 0.1) is 0 Å². The van der Waals surface area contributed by atoms with Gasteiger partial charge in [0.15, 0.2) is 0 Å². The Morgan fingerprint density at radius 2 is 1.67 bits per heavy atom. The summed E-state index contributed by atoms with van der Waals surface area (Å²) in [5.74, 6) is -0.583. The highest BCUT2D eigenvalue weighted by molar-refractivity contribution is 6.35. The molecule has 0 unspecified atom stereocenters. The standard InChI is InChI=1S/C21H24N2O4/c24-20(21(25)23-15-19-7-4-13-26-19)22-12-14-27-18-10-8-17(9-11-18)16-5-2-1-3-6-16/h1-3,5-6,8-11,19H,4,7,12-15H2,(H,22,24)(H,23,25)/t19-/m0/s1. The van der Waals surface area contributed by atoms with E-state index >= 15 is 0 Å². The van der Waals surface area contributed by atoms with Gasteiger partial charge < -0.3 is 20.1 Å². The van der Waals surface area contributed by atoms with E-state index in [2.05, 4.69) is 22.8 Å². The van der Waals surface area contributed by atoms with Crippen LogP contribution in [0.3, 0.4) is 0 Å². The van der Waals surface area contributed by atoms with Crippen LogP contribution in [-0.4, -0.2) is 44.2 Å². The van der Waals surface area contributed by atoms with Gasteiger partial charge in [-0.2, -0.15) is 0 Å². The van der Waals surface area contributed by atoms with Gasteiger partial charge in [0.25, 0.3) is 0 Å². The van der Waals surface area contributed by atoms with Crippen molar-refractivity contribution in [2.45, 2.75) is 18.9 Å². The predicted molar refractivity (Wildman–Crippen MR) is 102 cm³/mol. The number of rotatable bonds is 7. The van der Waals surface area contributed by atoms with E-state index in [0.29, 0.717) is 12.3 Å². The summed E-state index contributed by atoms with van der Waals surface area (Å²) in [6.07, 6.45) is 1.93. The Bertz CT molecular complexity index is 741. The molecule has 142 valence electrons. The van der Waals surface area contributed by atoms with E-state index in [4.69, 9.17) is 9.47 Å². The van der Waals surface area contributed by atoms with E-state index in [1.807, 2.05) is 42.5 Å². The molecule has 6 nitrogen and oxygen atoms in total. The number of nitrogens with one attached hydrogen (secondary N) is 2. The topological polar surface area (TPSA) is 76.7 Å². The summed E-state index contributed by atoms with van der Waals surface area (Å²) in [7, 11) is 0. The lowest BCUT2D eigenvalue weighted by Gasteiger charge is -2.11. The summed E-state index contributed by atoms with van der Waals surface area (Å²) in [6.45, 7) is 1.63. The second-order valence-corrected chi connectivity index (χ2v) is 6.34. The first kappa shape index (κ1) is 18.9. The van der Waals surface area contributed by atoms with Gasteiger partial charge in [0.1, 0.15) is 12.4 Å². The smallest absolute Gasteiger partial charge is 0.309 e. The highest BCUT2D eigenvalue weighted by atomic mass is 16.5. The van der Waals surface area contributed by atoms with Crippen molar-refractivity contribution in [3.8, 4) is 16.9 Å². The predicted octanol–water partition coefficient (Wildman–Crippen LogP) is 2.14. The molecule has 0 aromatic heterocycles. The number of amides is 2. The Morgan fingerprint density at radius 1 is 0.963 bits per heavy atom. The van der Waals surface area contributed by atoms with Gasteiger partial charge in [-0.3, -0.25) is 9.59 Å². The van der Waals surface area contributed by atoms with Crippen LogP contribution in [0.4, 0.5) is 0 Å². The summed E-state index contributed by atoms with van der Waals surface area (Å²) in [5.41, 5.74) is 2.25. The fourth-order valence-corrected chi connectivity index (χ4v) is 2.88. The second kappa shape index (κ2) is 9.73. The normalized spacial score (nSPS) is 15.9. The summed E-state index contributed by atoms with van der Waals surface area (Å²) in [5, 5.41) is 5.14. The van der Waals surface area contributed by atoms with Crippen LogP contribution >= 0.6 is 0 Å². The molecular formula is C21H24N2O4. The van der Waals surface area contributed by atoms with Crippen molar-refractivity contribution < 1.29 is 19.1 Å². The highest BCUT2D eigenvalue weighted by Gasteiger charge is 2.18. The molecule has 0 bridgehead atoms. The van der Waals surface area contributed by atoms with Gasteiger partial charge in [0.05, 0.1) is 12.6 Å². The minimum absolute atomic E-state index is 0.0175. The van der Waals surface area contributed by atoms with Crippen molar-refractivity contribution in [1.82, 2.24) is 10.6 Å². The van der Waals surface area contributed by atoms with Gasteiger partial charge in [0, 0.05) is 13.2 Å². The van der Waals surface area contributed by atoms with E-state index < -0.39 is 11.8 Å². The Labute approximate surface area is 158 Å². The lowest BCUT2D eigenvalue weighted by molar-refractivity contribution is -0.139. The minimum atomic E-state index is -0.656. The van der Waals surface area contributed by atoms with Crippen LogP contribution in [0.5, 0.6) is 5.75 Å². The Balaban J connectivity index is 1.34. The molecule has 1 fully saturated rings. The minimum Gasteiger partial charge on any atom is -0.492 e. The van der Waals surface area contributed by atoms with E-state index in [9.17, 15) is 9.59 Å². The molecule has 2 N–H and O–H groups in total. The third-order valence-corrected chi connectivity index (χ3v) is 4.34. The average Bonchev–Trinajstić information content (AvgIpc) is 3.24. The van der Waals surface area contributed by atoms with Crippen molar-refractivity contribution in [1.29, 1.82) is 0 Å². The van der Waals surface area contributed by atoms with Crippen molar-refractivity contribution in [3.63, 3.8) is 0 Å². The quantitative estimate of drug-likeness (QED) is 0.580. The zero-order valence-electron chi connectivity index (χ0n) is 15.1. The molecule has 0 spiro atoms. The van der Waals surface area contributed by atoms with Gasteiger partial charge in [-0.05, 0) is 36.1 Å².